The third kappa shape index (κ3) is 4.45. The SMILES string of the molecule is CCOc1cc2occ(-c3cccc4ccccc34)c2cc1/C(C)=C/C(=O)Nc1ccc(F)cc1F. The van der Waals surface area contributed by atoms with Crippen molar-refractivity contribution < 1.29 is 22.7 Å². The predicted molar refractivity (Wildman–Crippen MR) is 139 cm³/mol. The molecule has 1 heterocycles. The van der Waals surface area contributed by atoms with Crippen molar-refractivity contribution in [2.24, 2.45) is 0 Å². The van der Waals surface area contributed by atoms with Gasteiger partial charge in [0.2, 0.25) is 5.91 Å². The highest BCUT2D eigenvalue weighted by Gasteiger charge is 2.17. The summed E-state index contributed by atoms with van der Waals surface area (Å²) in [5, 5.41) is 5.56. The smallest absolute Gasteiger partial charge is 0.248 e. The first-order valence-corrected chi connectivity index (χ1v) is 11.6. The molecule has 36 heavy (non-hydrogen) atoms. The highest BCUT2D eigenvalue weighted by atomic mass is 19.1. The molecule has 0 fully saturated rings. The Morgan fingerprint density at radius 1 is 0.972 bits per heavy atom. The molecule has 0 aliphatic heterocycles. The molecule has 5 rings (SSSR count). The minimum atomic E-state index is -0.844. The molecule has 0 bridgehead atoms. The number of ether oxygens (including phenoxy) is 1. The number of carbonyl (C=O) groups is 1. The Labute approximate surface area is 206 Å². The van der Waals surface area contributed by atoms with Crippen molar-refractivity contribution in [3.8, 4) is 16.9 Å². The van der Waals surface area contributed by atoms with Crippen molar-refractivity contribution in [1.82, 2.24) is 0 Å². The van der Waals surface area contributed by atoms with E-state index in [1.54, 1.807) is 13.2 Å². The van der Waals surface area contributed by atoms with Crippen molar-refractivity contribution in [2.75, 3.05) is 11.9 Å². The molecule has 0 saturated carbocycles. The summed E-state index contributed by atoms with van der Waals surface area (Å²) in [7, 11) is 0. The van der Waals surface area contributed by atoms with Crippen LogP contribution < -0.4 is 10.1 Å². The van der Waals surface area contributed by atoms with Gasteiger partial charge in [-0.05, 0) is 54.0 Å². The molecular weight excluding hydrogens is 460 g/mol. The summed E-state index contributed by atoms with van der Waals surface area (Å²) < 4.78 is 38.9. The van der Waals surface area contributed by atoms with E-state index in [-0.39, 0.29) is 5.69 Å². The van der Waals surface area contributed by atoms with E-state index in [0.29, 0.717) is 29.1 Å². The Kier molecular flexibility index (Phi) is 6.25. The van der Waals surface area contributed by atoms with Crippen molar-refractivity contribution in [3.63, 3.8) is 0 Å². The van der Waals surface area contributed by atoms with Crippen molar-refractivity contribution in [3.05, 3.63) is 102 Å². The number of carbonyl (C=O) groups excluding carboxylic acids is 1. The molecule has 1 amide bonds. The number of fused-ring (bicyclic) bond motifs is 2. The Bertz CT molecular complexity index is 1630. The monoisotopic (exact) mass is 483 g/mol. The number of halogens is 2. The number of allylic oxidation sites excluding steroid dienone is 1. The summed E-state index contributed by atoms with van der Waals surface area (Å²) in [5.74, 6) is -1.53. The average molecular weight is 484 g/mol. The van der Waals surface area contributed by atoms with E-state index in [1.807, 2.05) is 37.3 Å². The fourth-order valence-corrected chi connectivity index (χ4v) is 4.34. The largest absolute Gasteiger partial charge is 0.493 e. The van der Waals surface area contributed by atoms with Gasteiger partial charge in [0.1, 0.15) is 23.0 Å². The van der Waals surface area contributed by atoms with Crippen molar-refractivity contribution >= 4 is 38.9 Å². The Balaban J connectivity index is 1.57. The number of hydrogen-bond acceptors (Lipinski definition) is 3. The second-order valence-corrected chi connectivity index (χ2v) is 8.39. The highest BCUT2D eigenvalue weighted by molar-refractivity contribution is 6.07. The standard InChI is InChI=1S/C30H23F2NO3/c1-3-35-28-16-29-24(25(17-36-29)22-10-6-8-19-7-4-5-9-21(19)22)15-23(28)18(2)13-30(34)33-27-12-11-20(31)14-26(27)32/h4-17H,3H2,1-2H3,(H,33,34)/b18-13+. The number of benzene rings is 4. The summed E-state index contributed by atoms with van der Waals surface area (Å²) in [4.78, 5) is 12.6. The van der Waals surface area contributed by atoms with E-state index in [2.05, 4.69) is 29.6 Å². The lowest BCUT2D eigenvalue weighted by Gasteiger charge is -2.12. The summed E-state index contributed by atoms with van der Waals surface area (Å²) in [6.07, 6.45) is 3.10. The lowest BCUT2D eigenvalue weighted by molar-refractivity contribution is -0.111. The van der Waals surface area contributed by atoms with Gasteiger partial charge in [0.15, 0.2) is 0 Å². The Morgan fingerprint density at radius 2 is 1.78 bits per heavy atom. The third-order valence-corrected chi connectivity index (χ3v) is 6.02. The summed E-state index contributed by atoms with van der Waals surface area (Å²) in [6.45, 7) is 4.08. The van der Waals surface area contributed by atoms with Gasteiger partial charge in [-0.15, -0.1) is 0 Å². The zero-order valence-electron chi connectivity index (χ0n) is 19.8. The zero-order valence-corrected chi connectivity index (χ0v) is 19.8. The van der Waals surface area contributed by atoms with Crippen LogP contribution in [-0.2, 0) is 4.79 Å². The number of anilines is 1. The van der Waals surface area contributed by atoms with Gasteiger partial charge in [-0.25, -0.2) is 8.78 Å². The molecule has 0 aliphatic rings. The van der Waals surface area contributed by atoms with Crippen LogP contribution in [0.1, 0.15) is 19.4 Å². The molecule has 4 nitrogen and oxygen atoms in total. The molecule has 180 valence electrons. The van der Waals surface area contributed by atoms with Gasteiger partial charge in [0.05, 0.1) is 18.6 Å². The number of rotatable bonds is 6. The maximum atomic E-state index is 14.0. The van der Waals surface area contributed by atoms with Crippen LogP contribution in [0.2, 0.25) is 0 Å². The van der Waals surface area contributed by atoms with Crippen LogP contribution >= 0.6 is 0 Å². The molecule has 0 radical (unpaired) electrons. The molecule has 6 heteroatoms. The molecule has 4 aromatic carbocycles. The topological polar surface area (TPSA) is 51.5 Å². The van der Waals surface area contributed by atoms with Gasteiger partial charge < -0.3 is 14.5 Å². The van der Waals surface area contributed by atoms with E-state index >= 15 is 0 Å². The number of amides is 1. The van der Waals surface area contributed by atoms with Crippen LogP contribution in [0.25, 0.3) is 38.4 Å². The fourth-order valence-electron chi connectivity index (χ4n) is 4.34. The molecule has 0 unspecified atom stereocenters. The quantitative estimate of drug-likeness (QED) is 0.249. The molecule has 5 aromatic rings. The highest BCUT2D eigenvalue weighted by Crippen LogP contribution is 2.39. The first-order chi connectivity index (χ1) is 17.4. The minimum absolute atomic E-state index is 0.0981. The number of hydrogen-bond donors (Lipinski definition) is 1. The zero-order chi connectivity index (χ0) is 25.2. The predicted octanol–water partition coefficient (Wildman–Crippen LogP) is 7.97. The van der Waals surface area contributed by atoms with Gasteiger partial charge in [0, 0.05) is 34.7 Å². The molecule has 1 aromatic heterocycles. The van der Waals surface area contributed by atoms with Gasteiger partial charge in [-0.2, -0.15) is 0 Å². The average Bonchev–Trinajstić information content (AvgIpc) is 3.27. The van der Waals surface area contributed by atoms with Gasteiger partial charge >= 0.3 is 0 Å². The molecule has 0 atom stereocenters. The van der Waals surface area contributed by atoms with E-state index in [1.165, 1.54) is 12.1 Å². The molecular formula is C30H23F2NO3. The van der Waals surface area contributed by atoms with E-state index in [9.17, 15) is 13.6 Å². The Hall–Kier alpha value is -4.45. The van der Waals surface area contributed by atoms with Gasteiger partial charge in [0.25, 0.3) is 0 Å². The second-order valence-electron chi connectivity index (χ2n) is 8.39. The maximum absolute atomic E-state index is 14.0. The van der Waals surface area contributed by atoms with Crippen molar-refractivity contribution in [1.29, 1.82) is 0 Å². The van der Waals surface area contributed by atoms with E-state index in [0.717, 1.165) is 39.4 Å². The summed E-state index contributed by atoms with van der Waals surface area (Å²) >= 11 is 0. The van der Waals surface area contributed by atoms with Crippen LogP contribution in [0.15, 0.2) is 89.6 Å². The normalized spacial score (nSPS) is 11.7. The molecule has 0 aliphatic carbocycles. The van der Waals surface area contributed by atoms with Crippen LogP contribution in [-0.4, -0.2) is 12.5 Å². The van der Waals surface area contributed by atoms with Gasteiger partial charge in [-0.3, -0.25) is 4.79 Å². The number of furan rings is 1. The molecule has 0 saturated heterocycles. The third-order valence-electron chi connectivity index (χ3n) is 6.02. The lowest BCUT2D eigenvalue weighted by atomic mass is 9.96. The maximum Gasteiger partial charge on any atom is 0.248 e. The van der Waals surface area contributed by atoms with E-state index < -0.39 is 17.5 Å². The van der Waals surface area contributed by atoms with Crippen molar-refractivity contribution in [2.45, 2.75) is 13.8 Å². The van der Waals surface area contributed by atoms with Crippen LogP contribution in [0.3, 0.4) is 0 Å². The molecule has 1 N–H and O–H groups in total. The van der Waals surface area contributed by atoms with Crippen LogP contribution in [0, 0.1) is 11.6 Å². The Morgan fingerprint density at radius 3 is 2.58 bits per heavy atom. The van der Waals surface area contributed by atoms with Crippen LogP contribution in [0.5, 0.6) is 5.75 Å². The fraction of sp³-hybridized carbons (Fsp3) is 0.100. The second kappa shape index (κ2) is 9.66. The van der Waals surface area contributed by atoms with Gasteiger partial charge in [-0.1, -0.05) is 42.5 Å². The number of nitrogens with one attached hydrogen (secondary N) is 1. The summed E-state index contributed by atoms with van der Waals surface area (Å²) in [5.41, 5.74) is 3.85. The van der Waals surface area contributed by atoms with E-state index in [4.69, 9.17) is 9.15 Å². The first-order valence-electron chi connectivity index (χ1n) is 11.6. The lowest BCUT2D eigenvalue weighted by Crippen LogP contribution is -2.10. The summed E-state index contributed by atoms with van der Waals surface area (Å²) in [6, 6.07) is 21.0. The molecule has 0 spiro atoms. The first kappa shape index (κ1) is 23.3. The van der Waals surface area contributed by atoms with Crippen LogP contribution in [0.4, 0.5) is 14.5 Å². The minimum Gasteiger partial charge on any atom is -0.493 e.